The third-order valence-corrected chi connectivity index (χ3v) is 3.48. The van der Waals surface area contributed by atoms with Crippen molar-refractivity contribution in [2.24, 2.45) is 5.10 Å². The number of aromatic nitrogens is 1. The summed E-state index contributed by atoms with van der Waals surface area (Å²) in [5.74, 6) is 0.707. The van der Waals surface area contributed by atoms with Crippen molar-refractivity contribution >= 4 is 23.0 Å². The van der Waals surface area contributed by atoms with E-state index in [2.05, 4.69) is 15.5 Å². The fourth-order valence-corrected chi connectivity index (χ4v) is 2.32. The van der Waals surface area contributed by atoms with E-state index in [-0.39, 0.29) is 12.5 Å². The van der Waals surface area contributed by atoms with Crippen LogP contribution >= 0.6 is 0 Å². The highest BCUT2D eigenvalue weighted by Crippen LogP contribution is 2.25. The van der Waals surface area contributed by atoms with E-state index in [9.17, 15) is 4.79 Å². The highest BCUT2D eigenvalue weighted by molar-refractivity contribution is 5.97. The molecule has 6 heteroatoms. The summed E-state index contributed by atoms with van der Waals surface area (Å²) in [5.41, 5.74) is 4.09. The predicted molar refractivity (Wildman–Crippen MR) is 96.0 cm³/mol. The first kappa shape index (κ1) is 16.4. The van der Waals surface area contributed by atoms with Gasteiger partial charge >= 0.3 is 0 Å². The zero-order valence-corrected chi connectivity index (χ0v) is 13.7. The summed E-state index contributed by atoms with van der Waals surface area (Å²) in [5, 5.41) is 4.98. The maximum absolute atomic E-state index is 11.9. The van der Waals surface area contributed by atoms with E-state index in [1.807, 2.05) is 36.4 Å². The summed E-state index contributed by atoms with van der Waals surface area (Å²) in [4.78, 5) is 16.2. The van der Waals surface area contributed by atoms with Crippen LogP contribution < -0.4 is 14.9 Å². The van der Waals surface area contributed by atoms with E-state index in [1.165, 1.54) is 0 Å². The predicted octanol–water partition coefficient (Wildman–Crippen LogP) is 2.77. The molecule has 0 saturated carbocycles. The van der Waals surface area contributed by atoms with Crippen LogP contribution in [0, 0.1) is 0 Å². The molecule has 0 aliphatic heterocycles. The molecule has 2 aromatic carbocycles. The van der Waals surface area contributed by atoms with Gasteiger partial charge in [0.1, 0.15) is 0 Å². The molecule has 126 valence electrons. The molecule has 25 heavy (non-hydrogen) atoms. The fourth-order valence-electron chi connectivity index (χ4n) is 2.32. The minimum Gasteiger partial charge on any atom is -0.493 e. The van der Waals surface area contributed by atoms with Crippen LogP contribution in [0.15, 0.2) is 65.9 Å². The molecule has 0 radical (unpaired) electrons. The molecule has 0 spiro atoms. The van der Waals surface area contributed by atoms with Crippen molar-refractivity contribution in [1.29, 1.82) is 0 Å². The van der Waals surface area contributed by atoms with Crippen molar-refractivity contribution in [1.82, 2.24) is 10.4 Å². The van der Waals surface area contributed by atoms with Gasteiger partial charge in [-0.15, -0.1) is 0 Å². The average Bonchev–Trinajstić information content (AvgIpc) is 2.67. The minimum atomic E-state index is -0.365. The number of amides is 1. The Balaban J connectivity index is 1.59. The smallest absolute Gasteiger partial charge is 0.277 e. The summed E-state index contributed by atoms with van der Waals surface area (Å²) >= 11 is 0. The third-order valence-electron chi connectivity index (χ3n) is 3.48. The number of ether oxygens (including phenoxy) is 2. The van der Waals surface area contributed by atoms with E-state index in [1.54, 1.807) is 37.7 Å². The van der Waals surface area contributed by atoms with Gasteiger partial charge in [-0.25, -0.2) is 5.43 Å². The second-order valence-electron chi connectivity index (χ2n) is 5.16. The number of carbonyl (C=O) groups is 1. The minimum absolute atomic E-state index is 0.161. The van der Waals surface area contributed by atoms with Crippen LogP contribution in [-0.2, 0) is 4.79 Å². The van der Waals surface area contributed by atoms with Gasteiger partial charge < -0.3 is 9.47 Å². The molecule has 1 amide bonds. The standard InChI is InChI=1S/C19H17N3O3/c1-24-16-9-2-3-10-17(16)25-13-18(23)22-21-12-15-7-4-6-14-8-5-11-20-19(14)15/h2-12H,13H2,1H3,(H,22,23)/b21-12-. The van der Waals surface area contributed by atoms with Gasteiger partial charge in [-0.2, -0.15) is 5.10 Å². The Morgan fingerprint density at radius 3 is 2.76 bits per heavy atom. The lowest BCUT2D eigenvalue weighted by Crippen LogP contribution is -2.24. The first-order valence-electron chi connectivity index (χ1n) is 7.69. The molecule has 0 aliphatic rings. The zero-order valence-electron chi connectivity index (χ0n) is 13.7. The number of fused-ring (bicyclic) bond motifs is 1. The van der Waals surface area contributed by atoms with Crippen LogP contribution in [0.2, 0.25) is 0 Å². The van der Waals surface area contributed by atoms with Crippen molar-refractivity contribution in [3.63, 3.8) is 0 Å². The quantitative estimate of drug-likeness (QED) is 0.555. The van der Waals surface area contributed by atoms with E-state index in [4.69, 9.17) is 9.47 Å². The topological polar surface area (TPSA) is 72.8 Å². The largest absolute Gasteiger partial charge is 0.493 e. The first-order valence-corrected chi connectivity index (χ1v) is 7.69. The number of nitrogens with one attached hydrogen (secondary N) is 1. The SMILES string of the molecule is COc1ccccc1OCC(=O)N/N=C\c1cccc2cccnc12. The van der Waals surface area contributed by atoms with Crippen molar-refractivity contribution < 1.29 is 14.3 Å². The van der Waals surface area contributed by atoms with Gasteiger partial charge in [0, 0.05) is 17.1 Å². The van der Waals surface area contributed by atoms with Crippen molar-refractivity contribution in [2.75, 3.05) is 13.7 Å². The number of para-hydroxylation sites is 3. The number of nitrogens with zero attached hydrogens (tertiary/aromatic N) is 2. The lowest BCUT2D eigenvalue weighted by molar-refractivity contribution is -0.123. The Bertz CT molecular complexity index is 904. The van der Waals surface area contributed by atoms with E-state index in [0.717, 1.165) is 16.5 Å². The van der Waals surface area contributed by atoms with Crippen LogP contribution in [0.4, 0.5) is 0 Å². The summed E-state index contributed by atoms with van der Waals surface area (Å²) in [6.45, 7) is -0.161. The molecule has 0 unspecified atom stereocenters. The van der Waals surface area contributed by atoms with Crippen LogP contribution in [0.25, 0.3) is 10.9 Å². The summed E-state index contributed by atoms with van der Waals surface area (Å²) < 4.78 is 10.6. The van der Waals surface area contributed by atoms with E-state index < -0.39 is 0 Å². The Labute approximate surface area is 145 Å². The Morgan fingerprint density at radius 2 is 1.92 bits per heavy atom. The van der Waals surface area contributed by atoms with Crippen molar-refractivity contribution in [3.05, 3.63) is 66.4 Å². The molecule has 3 aromatic rings. The molecule has 0 saturated heterocycles. The molecule has 3 rings (SSSR count). The van der Waals surface area contributed by atoms with Crippen molar-refractivity contribution in [2.45, 2.75) is 0 Å². The third kappa shape index (κ3) is 4.11. The number of hydrazone groups is 1. The van der Waals surface area contributed by atoms with Gasteiger partial charge in [0.2, 0.25) is 0 Å². The Morgan fingerprint density at radius 1 is 1.12 bits per heavy atom. The molecule has 0 atom stereocenters. The van der Waals surface area contributed by atoms with Gasteiger partial charge in [-0.1, -0.05) is 36.4 Å². The normalized spacial score (nSPS) is 10.8. The Hall–Kier alpha value is -3.41. The van der Waals surface area contributed by atoms with E-state index in [0.29, 0.717) is 11.5 Å². The fraction of sp³-hybridized carbons (Fsp3) is 0.105. The highest BCUT2D eigenvalue weighted by atomic mass is 16.5. The number of rotatable bonds is 6. The van der Waals surface area contributed by atoms with Gasteiger partial charge in [0.15, 0.2) is 18.1 Å². The number of hydrogen-bond acceptors (Lipinski definition) is 5. The highest BCUT2D eigenvalue weighted by Gasteiger charge is 2.06. The van der Waals surface area contributed by atoms with Gasteiger partial charge in [-0.05, 0) is 18.2 Å². The van der Waals surface area contributed by atoms with Gasteiger partial charge in [-0.3, -0.25) is 9.78 Å². The first-order chi connectivity index (χ1) is 12.3. The van der Waals surface area contributed by atoms with Crippen LogP contribution in [-0.4, -0.2) is 30.8 Å². The maximum atomic E-state index is 11.9. The number of benzene rings is 2. The van der Waals surface area contributed by atoms with Crippen LogP contribution in [0.1, 0.15) is 5.56 Å². The van der Waals surface area contributed by atoms with Crippen molar-refractivity contribution in [3.8, 4) is 11.5 Å². The monoisotopic (exact) mass is 335 g/mol. The van der Waals surface area contributed by atoms with Crippen LogP contribution in [0.3, 0.4) is 0 Å². The summed E-state index contributed by atoms with van der Waals surface area (Å²) in [7, 11) is 1.55. The molecule has 1 N–H and O–H groups in total. The van der Waals surface area contributed by atoms with Crippen LogP contribution in [0.5, 0.6) is 11.5 Å². The van der Waals surface area contributed by atoms with Gasteiger partial charge in [0.25, 0.3) is 5.91 Å². The average molecular weight is 335 g/mol. The van der Waals surface area contributed by atoms with Gasteiger partial charge in [0.05, 0.1) is 18.8 Å². The lowest BCUT2D eigenvalue weighted by Gasteiger charge is -2.09. The second kappa shape index (κ2) is 7.92. The number of carbonyl (C=O) groups excluding carboxylic acids is 1. The molecule has 6 nitrogen and oxygen atoms in total. The molecule has 1 heterocycles. The summed E-state index contributed by atoms with van der Waals surface area (Å²) in [6, 6.07) is 16.7. The number of methoxy groups -OCH3 is 1. The second-order valence-corrected chi connectivity index (χ2v) is 5.16. The van der Waals surface area contributed by atoms with E-state index >= 15 is 0 Å². The Kier molecular flexibility index (Phi) is 5.21. The maximum Gasteiger partial charge on any atom is 0.277 e. The number of hydrogen-bond donors (Lipinski definition) is 1. The molecular weight excluding hydrogens is 318 g/mol. The lowest BCUT2D eigenvalue weighted by atomic mass is 10.1. The molecule has 0 aliphatic carbocycles. The zero-order chi connectivity index (χ0) is 17.5. The molecule has 0 fully saturated rings. The molecule has 0 bridgehead atoms. The molecule has 1 aromatic heterocycles. The number of pyridine rings is 1. The molecular formula is C19H17N3O3. The summed E-state index contributed by atoms with van der Waals surface area (Å²) in [6.07, 6.45) is 3.29.